The number of halogens is 1. The maximum atomic E-state index is 12.9. The fraction of sp³-hybridized carbons (Fsp3) is 0.278. The third-order valence-electron chi connectivity index (χ3n) is 3.75. The number of nitrogens with zero attached hydrogens (tertiary/aromatic N) is 1. The Morgan fingerprint density at radius 3 is 2.78 bits per heavy atom. The number of hydrogen-bond donors (Lipinski definition) is 1. The van der Waals surface area contributed by atoms with Crippen molar-refractivity contribution in [2.75, 3.05) is 18.0 Å². The van der Waals surface area contributed by atoms with Crippen LogP contribution in [0.2, 0.25) is 0 Å². The molecule has 1 amide bonds. The van der Waals surface area contributed by atoms with Crippen LogP contribution in [0.5, 0.6) is 0 Å². The molecule has 0 saturated heterocycles. The quantitative estimate of drug-likeness (QED) is 0.932. The summed E-state index contributed by atoms with van der Waals surface area (Å²) < 4.78 is 12.9. The van der Waals surface area contributed by atoms with Gasteiger partial charge in [-0.1, -0.05) is 31.2 Å². The summed E-state index contributed by atoms with van der Waals surface area (Å²) >= 11 is 1.85. The first-order valence-corrected chi connectivity index (χ1v) is 8.51. The van der Waals surface area contributed by atoms with Gasteiger partial charge in [0.25, 0.3) is 0 Å². The molecule has 0 aromatic heterocycles. The van der Waals surface area contributed by atoms with E-state index in [9.17, 15) is 9.18 Å². The molecule has 1 aliphatic rings. The summed E-state index contributed by atoms with van der Waals surface area (Å²) in [6, 6.07) is 14.4. The normalized spacial score (nSPS) is 16.8. The summed E-state index contributed by atoms with van der Waals surface area (Å²) in [4.78, 5) is 15.6. The SMILES string of the molecule is C[C@H]1CN(CC(=O)NCc2ccc(F)cc2)c2ccccc2S1. The topological polar surface area (TPSA) is 32.3 Å². The van der Waals surface area contributed by atoms with Gasteiger partial charge in [-0.15, -0.1) is 11.8 Å². The molecule has 23 heavy (non-hydrogen) atoms. The fourth-order valence-corrected chi connectivity index (χ4v) is 3.83. The van der Waals surface area contributed by atoms with Gasteiger partial charge in [-0.3, -0.25) is 4.79 Å². The van der Waals surface area contributed by atoms with Crippen molar-refractivity contribution < 1.29 is 9.18 Å². The summed E-state index contributed by atoms with van der Waals surface area (Å²) in [5, 5.41) is 3.36. The monoisotopic (exact) mass is 330 g/mol. The maximum absolute atomic E-state index is 12.9. The van der Waals surface area contributed by atoms with Crippen LogP contribution in [-0.2, 0) is 11.3 Å². The van der Waals surface area contributed by atoms with Gasteiger partial charge in [0.15, 0.2) is 0 Å². The van der Waals surface area contributed by atoms with Gasteiger partial charge in [0.05, 0.1) is 12.2 Å². The van der Waals surface area contributed by atoms with Gasteiger partial charge in [0.2, 0.25) is 5.91 Å². The van der Waals surface area contributed by atoms with E-state index in [1.165, 1.54) is 17.0 Å². The number of carbonyl (C=O) groups is 1. The van der Waals surface area contributed by atoms with Gasteiger partial charge in [-0.05, 0) is 29.8 Å². The average molecular weight is 330 g/mol. The van der Waals surface area contributed by atoms with E-state index in [0.29, 0.717) is 18.3 Å². The molecule has 1 aliphatic heterocycles. The van der Waals surface area contributed by atoms with Crippen molar-refractivity contribution in [3.05, 3.63) is 59.9 Å². The van der Waals surface area contributed by atoms with Crippen LogP contribution in [-0.4, -0.2) is 24.2 Å². The molecule has 1 N–H and O–H groups in total. The number of para-hydroxylation sites is 1. The molecule has 1 heterocycles. The third-order valence-corrected chi connectivity index (χ3v) is 4.90. The van der Waals surface area contributed by atoms with Crippen LogP contribution >= 0.6 is 11.8 Å². The molecule has 2 aromatic rings. The second-order valence-corrected chi connectivity index (χ2v) is 7.16. The number of benzene rings is 2. The van der Waals surface area contributed by atoms with E-state index in [4.69, 9.17) is 0 Å². The zero-order valence-electron chi connectivity index (χ0n) is 13.0. The van der Waals surface area contributed by atoms with Gasteiger partial charge < -0.3 is 10.2 Å². The molecule has 0 unspecified atom stereocenters. The lowest BCUT2D eigenvalue weighted by Crippen LogP contribution is -2.41. The summed E-state index contributed by atoms with van der Waals surface area (Å²) in [5.74, 6) is -0.292. The molecule has 0 radical (unpaired) electrons. The number of fused-ring (bicyclic) bond motifs is 1. The largest absolute Gasteiger partial charge is 0.360 e. The van der Waals surface area contributed by atoms with E-state index in [1.807, 2.05) is 23.9 Å². The van der Waals surface area contributed by atoms with E-state index < -0.39 is 0 Å². The fourth-order valence-electron chi connectivity index (χ4n) is 2.66. The van der Waals surface area contributed by atoms with Gasteiger partial charge in [-0.25, -0.2) is 4.39 Å². The van der Waals surface area contributed by atoms with Gasteiger partial charge in [-0.2, -0.15) is 0 Å². The first-order chi connectivity index (χ1) is 11.1. The lowest BCUT2D eigenvalue weighted by atomic mass is 10.2. The number of rotatable bonds is 4. The minimum atomic E-state index is -0.267. The zero-order chi connectivity index (χ0) is 16.2. The summed E-state index contributed by atoms with van der Waals surface area (Å²) in [6.45, 7) is 3.78. The second-order valence-electron chi connectivity index (χ2n) is 5.68. The molecular formula is C18H19FN2OS. The average Bonchev–Trinajstić information content (AvgIpc) is 2.54. The van der Waals surface area contributed by atoms with Crippen molar-refractivity contribution >= 4 is 23.4 Å². The predicted octanol–water partition coefficient (Wildman–Crippen LogP) is 3.44. The second kappa shape index (κ2) is 7.04. The van der Waals surface area contributed by atoms with Crippen LogP contribution < -0.4 is 10.2 Å². The summed E-state index contributed by atoms with van der Waals surface area (Å²) in [5.41, 5.74) is 2.01. The van der Waals surface area contributed by atoms with Crippen LogP contribution in [0.15, 0.2) is 53.4 Å². The van der Waals surface area contributed by atoms with Crippen molar-refractivity contribution in [2.24, 2.45) is 0 Å². The Bertz CT molecular complexity index is 690. The van der Waals surface area contributed by atoms with Crippen molar-refractivity contribution in [1.29, 1.82) is 0 Å². The van der Waals surface area contributed by atoms with Crippen molar-refractivity contribution in [1.82, 2.24) is 5.32 Å². The Morgan fingerprint density at radius 2 is 2.00 bits per heavy atom. The molecule has 5 heteroatoms. The molecular weight excluding hydrogens is 311 g/mol. The molecule has 0 bridgehead atoms. The number of hydrogen-bond acceptors (Lipinski definition) is 3. The molecule has 3 rings (SSSR count). The molecule has 0 saturated carbocycles. The number of amides is 1. The van der Waals surface area contributed by atoms with E-state index in [-0.39, 0.29) is 11.7 Å². The maximum Gasteiger partial charge on any atom is 0.239 e. The molecule has 3 nitrogen and oxygen atoms in total. The highest BCUT2D eigenvalue weighted by molar-refractivity contribution is 8.00. The number of carbonyl (C=O) groups excluding carboxylic acids is 1. The third kappa shape index (κ3) is 4.05. The van der Waals surface area contributed by atoms with Crippen LogP contribution in [0.1, 0.15) is 12.5 Å². The number of thioether (sulfide) groups is 1. The van der Waals surface area contributed by atoms with E-state index in [0.717, 1.165) is 17.8 Å². The smallest absolute Gasteiger partial charge is 0.239 e. The van der Waals surface area contributed by atoms with E-state index in [2.05, 4.69) is 29.3 Å². The van der Waals surface area contributed by atoms with E-state index >= 15 is 0 Å². The van der Waals surface area contributed by atoms with Gasteiger partial charge in [0, 0.05) is 23.2 Å². The molecule has 1 atom stereocenters. The predicted molar refractivity (Wildman–Crippen MR) is 92.2 cm³/mol. The Labute approximate surface area is 139 Å². The lowest BCUT2D eigenvalue weighted by molar-refractivity contribution is -0.119. The van der Waals surface area contributed by atoms with Crippen LogP contribution in [0, 0.1) is 5.82 Å². The standard InChI is InChI=1S/C18H19FN2OS/c1-13-11-21(16-4-2-3-5-17(16)23-13)12-18(22)20-10-14-6-8-15(19)9-7-14/h2-9,13H,10-12H2,1H3,(H,20,22)/t13-/m0/s1. The zero-order valence-corrected chi connectivity index (χ0v) is 13.8. The Kier molecular flexibility index (Phi) is 4.86. The lowest BCUT2D eigenvalue weighted by Gasteiger charge is -2.33. The minimum absolute atomic E-state index is 0.0248. The first kappa shape index (κ1) is 15.9. The van der Waals surface area contributed by atoms with Crippen molar-refractivity contribution in [2.45, 2.75) is 23.6 Å². The first-order valence-electron chi connectivity index (χ1n) is 7.63. The van der Waals surface area contributed by atoms with Gasteiger partial charge in [0.1, 0.15) is 5.82 Å². The van der Waals surface area contributed by atoms with Crippen molar-refractivity contribution in [3.8, 4) is 0 Å². The highest BCUT2D eigenvalue weighted by Gasteiger charge is 2.23. The van der Waals surface area contributed by atoms with E-state index in [1.54, 1.807) is 12.1 Å². The highest BCUT2D eigenvalue weighted by atomic mass is 32.2. The van der Waals surface area contributed by atoms with Crippen LogP contribution in [0.3, 0.4) is 0 Å². The molecule has 2 aromatic carbocycles. The van der Waals surface area contributed by atoms with Gasteiger partial charge >= 0.3 is 0 Å². The molecule has 120 valence electrons. The summed E-state index contributed by atoms with van der Waals surface area (Å²) in [6.07, 6.45) is 0. The number of nitrogens with one attached hydrogen (secondary N) is 1. The minimum Gasteiger partial charge on any atom is -0.360 e. The molecule has 0 spiro atoms. The van der Waals surface area contributed by atoms with Crippen LogP contribution in [0.25, 0.3) is 0 Å². The Morgan fingerprint density at radius 1 is 1.26 bits per heavy atom. The molecule has 0 aliphatic carbocycles. The summed E-state index contributed by atoms with van der Waals surface area (Å²) in [7, 11) is 0. The van der Waals surface area contributed by atoms with Crippen molar-refractivity contribution in [3.63, 3.8) is 0 Å². The number of anilines is 1. The Hall–Kier alpha value is -2.01. The van der Waals surface area contributed by atoms with Crippen LogP contribution in [0.4, 0.5) is 10.1 Å². The highest BCUT2D eigenvalue weighted by Crippen LogP contribution is 2.37. The molecule has 0 fully saturated rings. The Balaban J connectivity index is 1.60.